The number of hydrogen-bond acceptors (Lipinski definition) is 10. The fourth-order valence-electron chi connectivity index (χ4n) is 9.01. The quantitative estimate of drug-likeness (QED) is 0.197. The number of carbonyl (C=O) groups is 4. The Labute approximate surface area is 358 Å². The molecule has 4 saturated heterocycles. The number of nitrogens with zero attached hydrogens (tertiary/aromatic N) is 5. The van der Waals surface area contributed by atoms with Crippen molar-refractivity contribution in [3.8, 4) is 11.5 Å². The van der Waals surface area contributed by atoms with Crippen molar-refractivity contribution >= 4 is 61.3 Å². The van der Waals surface area contributed by atoms with Crippen LogP contribution in [0, 0.1) is 5.82 Å². The lowest BCUT2D eigenvalue weighted by molar-refractivity contribution is -0.136. The molecule has 4 amide bonds. The maximum Gasteiger partial charge on any atom is 0.329 e. The number of halogens is 3. The maximum absolute atomic E-state index is 16.5. The van der Waals surface area contributed by atoms with Crippen LogP contribution in [-0.4, -0.2) is 102 Å². The van der Waals surface area contributed by atoms with Crippen molar-refractivity contribution in [2.75, 3.05) is 43.6 Å². The molecule has 4 aliphatic heterocycles. The number of aromatic nitrogens is 2. The van der Waals surface area contributed by atoms with Crippen LogP contribution in [0.4, 0.5) is 18.9 Å². The number of likely N-dealkylation sites (tertiary alicyclic amines) is 2. The number of ether oxygens (including phenoxy) is 2. The minimum atomic E-state index is -4.41. The van der Waals surface area contributed by atoms with Gasteiger partial charge in [-0.3, -0.25) is 38.5 Å². The fraction of sp³-hybridized carbons (Fsp3) is 0.372. The Morgan fingerprint density at radius 2 is 1.71 bits per heavy atom. The third-order valence-electron chi connectivity index (χ3n) is 12.2. The van der Waals surface area contributed by atoms with Gasteiger partial charge in [0.1, 0.15) is 42.5 Å². The monoisotopic (exact) mass is 889 g/mol. The number of fused-ring (bicyclic) bond motifs is 2. The Balaban J connectivity index is 0.852. The molecule has 0 spiro atoms. The van der Waals surface area contributed by atoms with E-state index in [-0.39, 0.29) is 68.3 Å². The molecule has 0 saturated carbocycles. The van der Waals surface area contributed by atoms with Gasteiger partial charge in [-0.25, -0.2) is 27.0 Å². The van der Waals surface area contributed by atoms with E-state index < -0.39 is 82.2 Å². The first kappa shape index (κ1) is 41.9. The van der Waals surface area contributed by atoms with Crippen LogP contribution in [0.15, 0.2) is 77.6 Å². The predicted octanol–water partition coefficient (Wildman–Crippen LogP) is 3.47. The standard InChI is InChI=1S/C43H42F3N7O9S/c1-49-34-17-27(8-10-32(34)53(42(49)58)33-11-12-36(54)47-41(33)57)31-14-15-50(24-43(31,45)46)22-38(56)51-16-13-29(20-51)62-28-9-7-26-18-35(61-23-25-5-3-2-4-6-25)40(39(44)30(26)19-28)52-21-37(55)48-63(52,59)60/h2-10,17-19,29,31,33H,11-16,20-24H2,1H3,(H,48,55)(H,47,54,57)/t29-,31?,33?/m0/s1. The van der Waals surface area contributed by atoms with Crippen LogP contribution in [0.2, 0.25) is 0 Å². The largest absolute Gasteiger partial charge is 0.488 e. The summed E-state index contributed by atoms with van der Waals surface area (Å²) in [5, 5.41) is 2.64. The zero-order valence-corrected chi connectivity index (χ0v) is 34.7. The van der Waals surface area contributed by atoms with Crippen molar-refractivity contribution in [2.24, 2.45) is 7.05 Å². The number of amides is 4. The van der Waals surface area contributed by atoms with Crippen LogP contribution >= 0.6 is 0 Å². The Kier molecular flexibility index (Phi) is 10.7. The molecule has 0 bridgehead atoms. The Morgan fingerprint density at radius 1 is 0.921 bits per heavy atom. The van der Waals surface area contributed by atoms with Gasteiger partial charge in [-0.05, 0) is 66.2 Å². The number of anilines is 1. The number of alkyl halides is 2. The molecule has 20 heteroatoms. The number of piperidine rings is 2. The molecular formula is C43H42F3N7O9S. The van der Waals surface area contributed by atoms with Crippen LogP contribution in [0.5, 0.6) is 11.5 Å². The van der Waals surface area contributed by atoms with Gasteiger partial charge in [0.05, 0.1) is 36.6 Å². The van der Waals surface area contributed by atoms with E-state index in [9.17, 15) is 32.4 Å². The van der Waals surface area contributed by atoms with E-state index in [2.05, 4.69) is 5.32 Å². The summed E-state index contributed by atoms with van der Waals surface area (Å²) in [5.41, 5.74) is 0.917. The minimum Gasteiger partial charge on any atom is -0.488 e. The molecule has 63 heavy (non-hydrogen) atoms. The summed E-state index contributed by atoms with van der Waals surface area (Å²) in [6.45, 7) is -0.892. The smallest absolute Gasteiger partial charge is 0.329 e. The lowest BCUT2D eigenvalue weighted by Gasteiger charge is -2.38. The number of aryl methyl sites for hydroxylation is 1. The summed E-state index contributed by atoms with van der Waals surface area (Å²) in [6.07, 6.45) is 0.161. The molecular weight excluding hydrogens is 848 g/mol. The molecule has 2 unspecified atom stereocenters. The molecule has 4 aromatic carbocycles. The van der Waals surface area contributed by atoms with Gasteiger partial charge in [0.25, 0.3) is 11.8 Å². The van der Waals surface area contributed by atoms with Gasteiger partial charge in [-0.15, -0.1) is 0 Å². The second kappa shape index (κ2) is 16.1. The van der Waals surface area contributed by atoms with Crippen LogP contribution in [0.3, 0.4) is 0 Å². The van der Waals surface area contributed by atoms with Crippen molar-refractivity contribution in [1.82, 2.24) is 29.0 Å². The molecule has 5 heterocycles. The van der Waals surface area contributed by atoms with E-state index in [4.69, 9.17) is 9.47 Å². The van der Waals surface area contributed by atoms with Crippen molar-refractivity contribution < 1.29 is 50.2 Å². The summed E-state index contributed by atoms with van der Waals surface area (Å²) in [4.78, 5) is 66.1. The molecule has 3 atom stereocenters. The van der Waals surface area contributed by atoms with Crippen LogP contribution in [0.25, 0.3) is 21.8 Å². The molecule has 4 fully saturated rings. The molecule has 1 aromatic heterocycles. The number of benzene rings is 4. The number of carbonyl (C=O) groups excluding carboxylic acids is 4. The van der Waals surface area contributed by atoms with Gasteiger partial charge in [-0.1, -0.05) is 42.5 Å². The zero-order chi connectivity index (χ0) is 44.4. The molecule has 330 valence electrons. The van der Waals surface area contributed by atoms with E-state index in [0.717, 1.165) is 5.56 Å². The second-order valence-electron chi connectivity index (χ2n) is 16.3. The second-order valence-corrected chi connectivity index (χ2v) is 17.9. The van der Waals surface area contributed by atoms with E-state index >= 15 is 13.2 Å². The average molecular weight is 890 g/mol. The van der Waals surface area contributed by atoms with Crippen molar-refractivity contribution in [3.63, 3.8) is 0 Å². The highest BCUT2D eigenvalue weighted by Crippen LogP contribution is 2.43. The van der Waals surface area contributed by atoms with Gasteiger partial charge in [0.15, 0.2) is 5.82 Å². The Morgan fingerprint density at radius 3 is 2.44 bits per heavy atom. The van der Waals surface area contributed by atoms with Gasteiger partial charge >= 0.3 is 15.9 Å². The highest BCUT2D eigenvalue weighted by molar-refractivity contribution is 7.92. The van der Waals surface area contributed by atoms with E-state index in [1.165, 1.54) is 44.2 Å². The molecule has 16 nitrogen and oxygen atoms in total. The Bertz CT molecular complexity index is 2870. The predicted molar refractivity (Wildman–Crippen MR) is 222 cm³/mol. The third kappa shape index (κ3) is 7.96. The number of imide groups is 1. The maximum atomic E-state index is 16.5. The Hall–Kier alpha value is -6.41. The number of imidazole rings is 1. The first-order valence-corrected chi connectivity index (χ1v) is 21.9. The summed E-state index contributed by atoms with van der Waals surface area (Å²) < 4.78 is 91.2. The van der Waals surface area contributed by atoms with E-state index in [1.807, 2.05) is 10.8 Å². The SMILES string of the molecule is Cn1c(=O)n(C2CCC(=O)NC2=O)c2ccc(C3CCN(CC(=O)N4CC[C@H](Oc5ccc6cc(OCc7ccccc7)c(N7CC(=O)NS7(=O)=O)c(F)c6c5)C4)CC3(F)F)cc21. The van der Waals surface area contributed by atoms with Crippen LogP contribution < -0.4 is 29.5 Å². The number of hydrogen-bond donors (Lipinski definition) is 2. The first-order valence-electron chi connectivity index (χ1n) is 20.4. The fourth-order valence-corrected chi connectivity index (χ4v) is 10.2. The lowest BCUT2D eigenvalue weighted by atomic mass is 9.86. The van der Waals surface area contributed by atoms with Gasteiger partial charge in [0, 0.05) is 31.8 Å². The van der Waals surface area contributed by atoms with Crippen molar-refractivity contribution in [2.45, 2.75) is 56.3 Å². The highest BCUT2D eigenvalue weighted by Gasteiger charge is 2.46. The molecule has 9 rings (SSSR count). The first-order chi connectivity index (χ1) is 30.1. The van der Waals surface area contributed by atoms with Crippen LogP contribution in [0.1, 0.15) is 48.8 Å². The van der Waals surface area contributed by atoms with Gasteiger partial charge in [-0.2, -0.15) is 8.42 Å². The third-order valence-corrected chi connectivity index (χ3v) is 13.5. The lowest BCUT2D eigenvalue weighted by Crippen LogP contribution is -2.50. The van der Waals surface area contributed by atoms with Gasteiger partial charge < -0.3 is 14.4 Å². The zero-order valence-electron chi connectivity index (χ0n) is 33.9. The van der Waals surface area contributed by atoms with Crippen molar-refractivity contribution in [3.05, 3.63) is 100 Å². The summed E-state index contributed by atoms with van der Waals surface area (Å²) in [5.74, 6) is -7.40. The molecule has 5 aromatic rings. The normalized spacial score (nSPS) is 22.4. The van der Waals surface area contributed by atoms with E-state index in [1.54, 1.807) is 48.5 Å². The van der Waals surface area contributed by atoms with Crippen LogP contribution in [-0.2, 0) is 43.0 Å². The number of rotatable bonds is 10. The average Bonchev–Trinajstić information content (AvgIpc) is 3.89. The molecule has 4 aliphatic rings. The van der Waals surface area contributed by atoms with Crippen molar-refractivity contribution in [1.29, 1.82) is 0 Å². The summed E-state index contributed by atoms with van der Waals surface area (Å²) in [6, 6.07) is 18.8. The summed E-state index contributed by atoms with van der Waals surface area (Å²) >= 11 is 0. The van der Waals surface area contributed by atoms with Gasteiger partial charge in [0.2, 0.25) is 17.7 Å². The number of nitrogens with one attached hydrogen (secondary N) is 2. The van der Waals surface area contributed by atoms with E-state index in [0.29, 0.717) is 39.3 Å². The molecule has 0 aliphatic carbocycles. The minimum absolute atomic E-state index is 0.000132. The summed E-state index contributed by atoms with van der Waals surface area (Å²) in [7, 11) is -2.90. The topological polar surface area (TPSA) is 182 Å². The molecule has 0 radical (unpaired) electrons. The highest BCUT2D eigenvalue weighted by atomic mass is 32.2. The molecule has 2 N–H and O–H groups in total.